The molecular weight excluding hydrogens is 576 g/mol. The third-order valence-corrected chi connectivity index (χ3v) is 7.99. The molecule has 0 spiro atoms. The van der Waals surface area contributed by atoms with E-state index in [9.17, 15) is 14.3 Å². The van der Waals surface area contributed by atoms with Crippen LogP contribution in [0.5, 0.6) is 5.75 Å². The number of nitrogens with zero attached hydrogens (tertiary/aromatic N) is 3. The Hall–Kier alpha value is -1.92. The van der Waals surface area contributed by atoms with Gasteiger partial charge in [0.2, 0.25) is 5.91 Å². The summed E-state index contributed by atoms with van der Waals surface area (Å²) < 4.78 is 19.7. The van der Waals surface area contributed by atoms with E-state index in [-0.39, 0.29) is 42.3 Å². The summed E-state index contributed by atoms with van der Waals surface area (Å²) in [4.78, 5) is 23.5. The van der Waals surface area contributed by atoms with Gasteiger partial charge in [-0.1, -0.05) is 11.6 Å². The molecule has 2 aliphatic rings. The second-order valence-electron chi connectivity index (χ2n) is 8.97. The Morgan fingerprint density at radius 1 is 1.34 bits per heavy atom. The van der Waals surface area contributed by atoms with Crippen LogP contribution in [0.1, 0.15) is 17.7 Å². The van der Waals surface area contributed by atoms with Gasteiger partial charge in [-0.15, -0.1) is 36.6 Å². The zero-order chi connectivity index (χ0) is 25.2. The molecule has 8 nitrogen and oxygen atoms in total. The number of anilines is 1. The van der Waals surface area contributed by atoms with Crippen molar-refractivity contribution < 1.29 is 19.0 Å². The van der Waals surface area contributed by atoms with Gasteiger partial charge in [0.25, 0.3) is 0 Å². The highest BCUT2D eigenvalue weighted by molar-refractivity contribution is 8.00. The van der Waals surface area contributed by atoms with Crippen LogP contribution in [-0.2, 0) is 17.8 Å². The van der Waals surface area contributed by atoms with Crippen molar-refractivity contribution in [2.45, 2.75) is 36.4 Å². The van der Waals surface area contributed by atoms with E-state index >= 15 is 0 Å². The molecule has 5 rings (SSSR count). The minimum atomic E-state index is -0.547. The number of methoxy groups -OCH3 is 1. The van der Waals surface area contributed by atoms with Crippen LogP contribution in [0.3, 0.4) is 0 Å². The first-order chi connectivity index (χ1) is 17.4. The number of carbonyl (C=O) groups excluding carboxylic acids is 1. The van der Waals surface area contributed by atoms with Crippen LogP contribution in [0.4, 0.5) is 10.2 Å². The molecular formula is C25H29Cl3FN5O3S. The number of rotatable bonds is 7. The molecule has 0 aliphatic carbocycles. The average molecular weight is 605 g/mol. The fraction of sp³-hybridized carbons (Fsp3) is 0.400. The molecule has 3 N–H and O–H groups in total. The third-order valence-electron chi connectivity index (χ3n) is 6.61. The Labute approximate surface area is 241 Å². The maximum Gasteiger partial charge on any atom is 0.235 e. The Kier molecular flexibility index (Phi) is 10.8. The third kappa shape index (κ3) is 6.80. The topological polar surface area (TPSA) is 99.6 Å². The normalized spacial score (nSPS) is 19.2. The standard InChI is InChI=1S/C25H27ClFN5O3S.2ClH/c1-35-15-8-17-16(18(26)11-29-24(17)19(27)9-15)4-6-32-7-5-20(21(33)12-32)28-10-14-2-3-22-25(30-14)31-23(34)13-36-22;;/h2-3,8-9,11,20-21,28,33H,4-7,10,12-13H2,1H3,(H,30,31,34);2*1H/t20-,21-;;/m1../s1. The molecule has 1 fully saturated rings. The first-order valence-electron chi connectivity index (χ1n) is 11.8. The van der Waals surface area contributed by atoms with Crippen LogP contribution in [0, 0.1) is 5.82 Å². The van der Waals surface area contributed by atoms with Gasteiger partial charge in [0.1, 0.15) is 17.1 Å². The fourth-order valence-corrected chi connectivity index (χ4v) is 5.68. The van der Waals surface area contributed by atoms with Crippen LogP contribution in [0.15, 0.2) is 35.4 Å². The second-order valence-corrected chi connectivity index (χ2v) is 10.4. The minimum Gasteiger partial charge on any atom is -0.497 e. The Balaban J connectivity index is 0.00000200. The molecule has 0 bridgehead atoms. The molecule has 38 heavy (non-hydrogen) atoms. The van der Waals surface area contributed by atoms with Gasteiger partial charge in [0.05, 0.1) is 34.6 Å². The van der Waals surface area contributed by atoms with Crippen LogP contribution in [0.2, 0.25) is 5.02 Å². The van der Waals surface area contributed by atoms with Gasteiger partial charge in [0, 0.05) is 43.3 Å². The Bertz CT molecular complexity index is 1300. The zero-order valence-electron chi connectivity index (χ0n) is 20.6. The number of aliphatic hydroxyl groups excluding tert-OH is 1. The lowest BCUT2D eigenvalue weighted by molar-refractivity contribution is -0.113. The molecule has 1 saturated heterocycles. The van der Waals surface area contributed by atoms with Gasteiger partial charge in [-0.25, -0.2) is 9.37 Å². The number of hydrogen-bond donors (Lipinski definition) is 3. The summed E-state index contributed by atoms with van der Waals surface area (Å²) in [7, 11) is 1.50. The summed E-state index contributed by atoms with van der Waals surface area (Å²) in [5, 5.41) is 18.1. The van der Waals surface area contributed by atoms with Crippen molar-refractivity contribution in [1.82, 2.24) is 20.2 Å². The van der Waals surface area contributed by atoms with E-state index in [1.54, 1.807) is 6.07 Å². The smallest absolute Gasteiger partial charge is 0.235 e. The summed E-state index contributed by atoms with van der Waals surface area (Å²) in [5.74, 6) is 0.941. The van der Waals surface area contributed by atoms with E-state index in [1.165, 1.54) is 31.1 Å². The summed E-state index contributed by atoms with van der Waals surface area (Å²) >= 11 is 7.92. The fourth-order valence-electron chi connectivity index (χ4n) is 4.68. The largest absolute Gasteiger partial charge is 0.497 e. The van der Waals surface area contributed by atoms with Gasteiger partial charge in [-0.05, 0) is 43.1 Å². The van der Waals surface area contributed by atoms with Crippen molar-refractivity contribution in [1.29, 1.82) is 0 Å². The number of fused-ring (bicyclic) bond motifs is 2. The highest BCUT2D eigenvalue weighted by atomic mass is 35.5. The number of ether oxygens (including phenoxy) is 1. The predicted octanol–water partition coefficient (Wildman–Crippen LogP) is 4.09. The molecule has 2 aliphatic heterocycles. The van der Waals surface area contributed by atoms with E-state index < -0.39 is 11.9 Å². The maximum atomic E-state index is 14.5. The first kappa shape index (κ1) is 30.6. The van der Waals surface area contributed by atoms with Gasteiger partial charge >= 0.3 is 0 Å². The van der Waals surface area contributed by atoms with Gasteiger partial charge in [-0.3, -0.25) is 9.78 Å². The summed E-state index contributed by atoms with van der Waals surface area (Å²) in [6.07, 6.45) is 2.30. The highest BCUT2D eigenvalue weighted by Gasteiger charge is 2.28. The van der Waals surface area contributed by atoms with Gasteiger partial charge < -0.3 is 25.4 Å². The number of hydrogen-bond acceptors (Lipinski definition) is 8. The molecule has 206 valence electrons. The molecule has 0 unspecified atom stereocenters. The number of nitrogens with one attached hydrogen (secondary N) is 2. The average Bonchev–Trinajstić information content (AvgIpc) is 2.87. The predicted molar refractivity (Wildman–Crippen MR) is 153 cm³/mol. The van der Waals surface area contributed by atoms with Gasteiger partial charge in [0.15, 0.2) is 5.82 Å². The summed E-state index contributed by atoms with van der Waals surface area (Å²) in [5.41, 5.74) is 1.90. The highest BCUT2D eigenvalue weighted by Crippen LogP contribution is 2.31. The molecule has 2 aromatic heterocycles. The number of carbonyl (C=O) groups is 1. The molecule has 1 aromatic carbocycles. The number of halogens is 4. The summed E-state index contributed by atoms with van der Waals surface area (Å²) in [6, 6.07) is 6.93. The number of aliphatic hydroxyl groups is 1. The van der Waals surface area contributed by atoms with Crippen LogP contribution >= 0.6 is 48.2 Å². The minimum absolute atomic E-state index is 0. The van der Waals surface area contributed by atoms with E-state index in [0.717, 1.165) is 29.1 Å². The summed E-state index contributed by atoms with van der Waals surface area (Å²) in [6.45, 7) is 2.49. The molecule has 0 radical (unpaired) electrons. The zero-order valence-corrected chi connectivity index (χ0v) is 23.8. The van der Waals surface area contributed by atoms with Crippen molar-refractivity contribution in [2.75, 3.05) is 37.8 Å². The number of benzene rings is 1. The molecule has 2 atom stereocenters. The van der Waals surface area contributed by atoms with Crippen LogP contribution in [0.25, 0.3) is 10.9 Å². The molecule has 4 heterocycles. The molecule has 1 amide bonds. The van der Waals surface area contributed by atoms with Crippen molar-refractivity contribution in [2.24, 2.45) is 0 Å². The molecule has 0 saturated carbocycles. The lowest BCUT2D eigenvalue weighted by atomic mass is 10.00. The van der Waals surface area contributed by atoms with Crippen LogP contribution < -0.4 is 15.4 Å². The first-order valence-corrected chi connectivity index (χ1v) is 13.1. The van der Waals surface area contributed by atoms with E-state index in [2.05, 4.69) is 25.5 Å². The maximum absolute atomic E-state index is 14.5. The molecule has 13 heteroatoms. The Morgan fingerprint density at radius 3 is 2.92 bits per heavy atom. The SMILES string of the molecule is COc1cc(F)c2ncc(Cl)c(CCN3CC[C@@H](NCc4ccc5c(n4)NC(=O)CS5)[C@H](O)C3)c2c1.Cl.Cl. The van der Waals surface area contributed by atoms with Crippen molar-refractivity contribution in [3.63, 3.8) is 0 Å². The second kappa shape index (κ2) is 13.4. The number of aromatic nitrogens is 2. The lowest BCUT2D eigenvalue weighted by Crippen LogP contribution is -2.52. The van der Waals surface area contributed by atoms with Crippen molar-refractivity contribution >= 4 is 70.8 Å². The van der Waals surface area contributed by atoms with Crippen molar-refractivity contribution in [3.05, 3.63) is 52.6 Å². The number of piperidine rings is 1. The number of pyridine rings is 2. The Morgan fingerprint density at radius 2 is 2.16 bits per heavy atom. The number of likely N-dealkylation sites (tertiary alicyclic amines) is 1. The molecule has 3 aromatic rings. The monoisotopic (exact) mass is 603 g/mol. The quantitative estimate of drug-likeness (QED) is 0.371. The number of amides is 1. The van der Waals surface area contributed by atoms with Crippen molar-refractivity contribution in [3.8, 4) is 5.75 Å². The lowest BCUT2D eigenvalue weighted by Gasteiger charge is -2.36. The van der Waals surface area contributed by atoms with E-state index in [4.69, 9.17) is 16.3 Å². The van der Waals surface area contributed by atoms with Crippen LogP contribution in [-0.4, -0.2) is 70.5 Å². The number of β-amino-alcohol motifs (C(OH)–C–C–N with tert-alkyl or cyclic N) is 1. The van der Waals surface area contributed by atoms with E-state index in [1.807, 2.05) is 12.1 Å². The van der Waals surface area contributed by atoms with Gasteiger partial charge in [-0.2, -0.15) is 0 Å². The van der Waals surface area contributed by atoms with E-state index in [0.29, 0.717) is 53.8 Å². The number of thioether (sulfide) groups is 1.